The molecule has 0 saturated carbocycles. The third-order valence-corrected chi connectivity index (χ3v) is 35.2. The second-order valence-electron chi connectivity index (χ2n) is 28.1. The fourth-order valence-electron chi connectivity index (χ4n) is 10.7. The lowest BCUT2D eigenvalue weighted by Crippen LogP contribution is -2.39. The monoisotopic (exact) mass is 1950 g/mol. The summed E-state index contributed by atoms with van der Waals surface area (Å²) in [5.74, 6) is 0.276. The van der Waals surface area contributed by atoms with E-state index in [9.17, 15) is 109 Å². The van der Waals surface area contributed by atoms with Crippen LogP contribution in [0, 0.1) is 5.41 Å². The molecule has 13 rings (SSSR count). The number of allylic oxidation sites excluding steroid dienone is 2. The Morgan fingerprint density at radius 1 is 0.376 bits per heavy atom. The van der Waals surface area contributed by atoms with E-state index in [-0.39, 0.29) is 88.6 Å². The van der Waals surface area contributed by atoms with E-state index in [1.54, 1.807) is 19.9 Å². The molecule has 41 nitrogen and oxygen atoms in total. The van der Waals surface area contributed by atoms with Gasteiger partial charge in [-0.1, -0.05) is 110 Å². The number of aliphatic hydroxyl groups is 1. The quantitative estimate of drug-likeness (QED) is 0.216. The molecular weight excluding hydrogens is 1830 g/mol. The predicted molar refractivity (Wildman–Crippen MR) is 427 cm³/mol. The standard InChI is InChI=1S/2C8H16O3S.C7H10O3S.2C6H12O3S.C5H8O6S2.2C5H10O3S.2C4H8O3S.C3H6O3S.C2H4O5S/c1-2-3-4-5-8-6-7-11-12(8,9)10;1-2-3-4-5-6-8-7-11-12(8,9)10;1-6-3-7(2)5-11(8,9)10-4-6;2*7-10(8)6-4-2-1-3-5-9-10;6-12(7)3-5(1-10-12)2-11-13(8,9)4-5;1-2-3-5-4-8-9(5,6)7;6-9(7)5-3-1-2-4-8-9;1-4-2-3-7-8(4,5)6;5-8(6)4-2-1-3-7-8;4-7(5)3-1-2-6-7;3-2-1-6-8(4,5)7-2/h2*8H,2-7H2,1H3;3,5H,4H2,1-2H3;2*1-6H2;1-4H2;5H,2-4H2,1H3;1-5H2;4H,2-3H2,1H3;1-4H2;1-3H2;2-3H,1H2/i;;;6D;;;;;;;;. The summed E-state index contributed by atoms with van der Waals surface area (Å²) in [6, 6.07) is 0. The van der Waals surface area contributed by atoms with Gasteiger partial charge in [0.2, 0.25) is 0 Å². The van der Waals surface area contributed by atoms with Gasteiger partial charge in [-0.2, -0.15) is 109 Å². The molecule has 117 heavy (non-hydrogen) atoms. The predicted octanol–water partition coefficient (Wildman–Crippen LogP) is 4.69. The average Bonchev–Trinajstić information content (AvgIpc) is 1.64. The fraction of sp³-hybridized carbons (Fsp3) is 0.937. The van der Waals surface area contributed by atoms with E-state index in [1.165, 1.54) is 12.8 Å². The number of unbranched alkanes of at least 4 members (excludes halogenated alkanes) is 5. The zero-order valence-corrected chi connectivity index (χ0v) is 77.3. The molecule has 0 aromatic heterocycles. The molecule has 1 N–H and O–H groups in total. The highest BCUT2D eigenvalue weighted by molar-refractivity contribution is 7.90. The molecule has 13 aliphatic heterocycles. The largest absolute Gasteiger partial charge is 0.402 e. The molecule has 54 heteroatoms. The van der Waals surface area contributed by atoms with Crippen molar-refractivity contribution in [1.82, 2.24) is 0 Å². The molecule has 6 unspecified atom stereocenters. The van der Waals surface area contributed by atoms with Gasteiger partial charge in [0.25, 0.3) is 121 Å². The van der Waals surface area contributed by atoms with Crippen LogP contribution in [0.1, 0.15) is 216 Å². The van der Waals surface area contributed by atoms with Gasteiger partial charge in [0.1, 0.15) is 17.1 Å². The van der Waals surface area contributed by atoms with E-state index in [1.807, 2.05) is 13.8 Å². The van der Waals surface area contributed by atoms with Gasteiger partial charge in [-0.25, -0.2) is 8.37 Å². The summed E-state index contributed by atoms with van der Waals surface area (Å²) < 4.78 is 347. The highest BCUT2D eigenvalue weighted by atomic mass is 32.3. The maximum Gasteiger partial charge on any atom is 0.402 e. The second kappa shape index (κ2) is 53.0. The summed E-state index contributed by atoms with van der Waals surface area (Å²) in [4.78, 5) is 0. The van der Waals surface area contributed by atoms with Crippen molar-refractivity contribution in [2.45, 2.75) is 242 Å². The van der Waals surface area contributed by atoms with Gasteiger partial charge in [0, 0.05) is 1.37 Å². The first-order chi connectivity index (χ1) is 54.5. The molecule has 12 fully saturated rings. The third-order valence-electron chi connectivity index (χ3n) is 17.2. The fourth-order valence-corrected chi connectivity index (χ4v) is 24.9. The van der Waals surface area contributed by atoms with Crippen molar-refractivity contribution < 1.29 is 174 Å². The van der Waals surface area contributed by atoms with Crippen LogP contribution in [0.4, 0.5) is 0 Å². The molecule has 13 heterocycles. The van der Waals surface area contributed by atoms with E-state index < -0.39 is 149 Å². The summed E-state index contributed by atoms with van der Waals surface area (Å²) in [5, 5.41) is 8.55. The van der Waals surface area contributed by atoms with E-state index in [0.29, 0.717) is 84.1 Å². The van der Waals surface area contributed by atoms with Crippen LogP contribution in [-0.4, -0.2) is 268 Å². The Balaban J connectivity index is 0.000000438. The minimum atomic E-state index is -3.85. The number of hydrogen-bond acceptors (Lipinski definition) is 41. The van der Waals surface area contributed by atoms with Crippen LogP contribution < -0.4 is 0 Å². The summed E-state index contributed by atoms with van der Waals surface area (Å²) in [6.45, 7) is 14.4. The molecule has 0 radical (unpaired) electrons. The first-order valence-electron chi connectivity index (χ1n) is 38.6. The van der Waals surface area contributed by atoms with Crippen LogP contribution >= 0.6 is 0 Å². The molecule has 12 saturated heterocycles. The summed E-state index contributed by atoms with van der Waals surface area (Å²) >= 11 is 0. The normalized spacial score (nSPS) is 29.8. The Hall–Kier alpha value is -1.77. The lowest BCUT2D eigenvalue weighted by atomic mass is 9.96. The maximum atomic E-state index is 11.1. The zero-order valence-electron chi connectivity index (χ0n) is 67.7. The van der Waals surface area contributed by atoms with Crippen LogP contribution in [0.25, 0.3) is 0 Å². The van der Waals surface area contributed by atoms with Crippen LogP contribution in [0.15, 0.2) is 22.6 Å². The van der Waals surface area contributed by atoms with Crippen LogP contribution in [0.2, 0.25) is 0 Å². The van der Waals surface area contributed by atoms with Crippen molar-refractivity contribution >= 4 is 132 Å². The smallest absolute Gasteiger partial charge is 0.365 e. The Kier molecular flexibility index (Phi) is 49.6. The summed E-state index contributed by atoms with van der Waals surface area (Å²) in [6.07, 6.45) is 24.4. The van der Waals surface area contributed by atoms with Gasteiger partial charge in [-0.05, 0) is 122 Å². The van der Waals surface area contributed by atoms with Crippen LogP contribution in [-0.2, 0) is 190 Å². The van der Waals surface area contributed by atoms with Gasteiger partial charge < -0.3 is 5.11 Å². The summed E-state index contributed by atoms with van der Waals surface area (Å²) in [7, 11) is -42.8. The van der Waals surface area contributed by atoms with Crippen molar-refractivity contribution in [2.24, 2.45) is 5.41 Å². The van der Waals surface area contributed by atoms with Crippen molar-refractivity contribution in [1.29, 1.82) is 0 Å². The van der Waals surface area contributed by atoms with Crippen LogP contribution in [0.5, 0.6) is 0 Å². The highest BCUT2D eigenvalue weighted by Crippen LogP contribution is 2.36. The van der Waals surface area contributed by atoms with Crippen molar-refractivity contribution in [3.05, 3.63) is 22.6 Å². The highest BCUT2D eigenvalue weighted by Gasteiger charge is 2.52. The second-order valence-corrected chi connectivity index (χ2v) is 50.3. The maximum absolute atomic E-state index is 11.1. The van der Waals surface area contributed by atoms with Crippen molar-refractivity contribution in [3.8, 4) is 0 Å². The first-order valence-corrected chi connectivity index (χ1v) is 57.7. The molecule has 696 valence electrons. The molecule has 0 aliphatic carbocycles. The van der Waals surface area contributed by atoms with Crippen molar-refractivity contribution in [3.63, 3.8) is 0 Å². The van der Waals surface area contributed by atoms with Gasteiger partial charge in [0.15, 0.2) is 6.29 Å². The number of rotatable bonds is 11. The zero-order chi connectivity index (χ0) is 89.5. The lowest BCUT2D eigenvalue weighted by Gasteiger charge is -2.25. The minimum Gasteiger partial charge on any atom is -0.365 e. The van der Waals surface area contributed by atoms with Gasteiger partial charge in [-0.3, -0.25) is 50.2 Å². The van der Waals surface area contributed by atoms with Gasteiger partial charge in [0.05, 0.1) is 141 Å². The van der Waals surface area contributed by atoms with Gasteiger partial charge >= 0.3 is 10.4 Å². The SMILES string of the molecule is CC1=CS(=O)(=O)OCC(C)=C1.CC1CCOS1(=O)=O.CCCC1COS1(=O)=O.CCCCCC1CCOS1(=O)=O.CCCCCCC1COS1(=O)=O.O=S1(=O)CC2(CO1)COS(=O)(=O)C2.O=S1(=O)CCCCCCO1.O=S1(=O)CCCCCO1.O=S1(=O)CCCCO1.O=S1(=O)CCCO1.O=S1(=O)OCC(O)O1.[2H]C1CCCCCOS1(=O)=O. The van der Waals surface area contributed by atoms with E-state index in [4.69, 9.17) is 6.48 Å². The molecule has 6 atom stereocenters. The molecule has 0 aromatic rings. The molecule has 0 aromatic carbocycles. The Morgan fingerprint density at radius 3 is 1.12 bits per heavy atom. The third kappa shape index (κ3) is 50.8. The first kappa shape index (κ1) is 109. The molecular formula is C63H120O41S13. The Bertz CT molecular complexity index is 4540. The molecule has 1 spiro atoms. The number of hydrogen-bond donors (Lipinski definition) is 1. The van der Waals surface area contributed by atoms with E-state index in [2.05, 4.69) is 72.4 Å². The topological polar surface area (TPSA) is 593 Å². The Morgan fingerprint density at radius 2 is 0.769 bits per heavy atom. The van der Waals surface area contributed by atoms with Crippen LogP contribution in [0.3, 0.4) is 0 Å². The van der Waals surface area contributed by atoms with Crippen molar-refractivity contribution in [2.75, 3.05) is 126 Å². The Labute approximate surface area is 697 Å². The summed E-state index contributed by atoms with van der Waals surface area (Å²) in [5.41, 5.74) is -0.305. The number of aliphatic hydroxyl groups excluding tert-OH is 1. The average molecular weight is 1950 g/mol. The van der Waals surface area contributed by atoms with Gasteiger partial charge in [-0.15, -0.1) is 0 Å². The molecule has 0 amide bonds. The molecule has 13 aliphatic rings. The minimum absolute atomic E-state index is 0.0887. The lowest BCUT2D eigenvalue weighted by molar-refractivity contribution is 0.00181. The molecule has 0 bridgehead atoms. The van der Waals surface area contributed by atoms with E-state index in [0.717, 1.165) is 146 Å². The van der Waals surface area contributed by atoms with E-state index >= 15 is 0 Å².